The first-order valence-corrected chi connectivity index (χ1v) is 5.42. The average molecular weight is 227 g/mol. The summed E-state index contributed by atoms with van der Waals surface area (Å²) in [5.74, 6) is 0. The van der Waals surface area contributed by atoms with E-state index in [0.29, 0.717) is 0 Å². The molecule has 15 heavy (non-hydrogen) atoms. The van der Waals surface area contributed by atoms with Gasteiger partial charge in [-0.05, 0) is 19.3 Å². The summed E-state index contributed by atoms with van der Waals surface area (Å²) >= 11 is 0. The lowest BCUT2D eigenvalue weighted by atomic mass is 10.1. The highest BCUT2D eigenvalue weighted by molar-refractivity contribution is 6.33. The van der Waals surface area contributed by atoms with Gasteiger partial charge in [-0.2, -0.15) is 0 Å². The van der Waals surface area contributed by atoms with Gasteiger partial charge in [0.15, 0.2) is 0 Å². The molecule has 2 saturated heterocycles. The number of rotatable bonds is 0. The van der Waals surface area contributed by atoms with Crippen LogP contribution >= 0.6 is 0 Å². The Hall–Kier alpha value is -0.255. The first kappa shape index (κ1) is 14.7. The highest BCUT2D eigenvalue weighted by Crippen LogP contribution is 2.25. The Labute approximate surface area is 88.8 Å². The number of halogens is 4. The second-order valence-corrected chi connectivity index (χ2v) is 4.25. The molecule has 0 radical (unpaired) electrons. The highest BCUT2D eigenvalue weighted by atomic mass is 19.4. The lowest BCUT2D eigenvalue weighted by molar-refractivity contribution is -0.921. The van der Waals surface area contributed by atoms with Crippen molar-refractivity contribution in [3.63, 3.8) is 0 Å². The van der Waals surface area contributed by atoms with Crippen LogP contribution in [0.3, 0.4) is 0 Å². The number of hydrogen-bond donors (Lipinski definition) is 0. The van der Waals surface area contributed by atoms with Crippen LogP contribution in [0.2, 0.25) is 0 Å². The van der Waals surface area contributed by atoms with Crippen LogP contribution in [-0.4, -0.2) is 38.2 Å². The molecule has 2 aliphatic rings. The summed E-state index contributed by atoms with van der Waals surface area (Å²) in [5.41, 5.74) is 0. The van der Waals surface area contributed by atoms with Crippen LogP contribution < -0.4 is 4.70 Å². The molecule has 0 bridgehead atoms. The van der Waals surface area contributed by atoms with Gasteiger partial charge in [-0.15, -0.1) is 0 Å². The third-order valence-corrected chi connectivity index (χ3v) is 3.28. The van der Waals surface area contributed by atoms with Crippen molar-refractivity contribution >= 4 is 7.54 Å². The lowest BCUT2D eigenvalue weighted by Crippen LogP contribution is -3.00. The molecule has 90 valence electrons. The van der Waals surface area contributed by atoms with Crippen molar-refractivity contribution in [2.45, 2.75) is 32.1 Å². The molecule has 0 N–H and O–H groups in total. The van der Waals surface area contributed by atoms with Gasteiger partial charge in [-0.1, -0.05) is 0 Å². The van der Waals surface area contributed by atoms with Crippen LogP contribution in [-0.2, 0) is 0 Å². The van der Waals surface area contributed by atoms with Crippen LogP contribution in [0.4, 0.5) is 12.9 Å². The standard InChI is InChI=1S/C9H18N.BF3.FH/c1-2-6-10(7-3-1)8-4-5-9-10;2-1(3)4;/h1-9H2;;1H/q+1;;/p-1. The van der Waals surface area contributed by atoms with Crippen molar-refractivity contribution in [1.29, 1.82) is 0 Å². The predicted molar refractivity (Wildman–Crippen MR) is 51.9 cm³/mol. The van der Waals surface area contributed by atoms with Crippen LogP contribution in [0.1, 0.15) is 32.1 Å². The molecule has 0 aromatic heterocycles. The van der Waals surface area contributed by atoms with Gasteiger partial charge >= 0.3 is 7.54 Å². The maximum Gasteiger partial charge on any atom is 0.762 e. The van der Waals surface area contributed by atoms with E-state index >= 15 is 0 Å². The summed E-state index contributed by atoms with van der Waals surface area (Å²) in [6.07, 6.45) is 7.50. The fourth-order valence-electron chi connectivity index (χ4n) is 2.64. The van der Waals surface area contributed by atoms with Gasteiger partial charge in [-0.3, -0.25) is 12.9 Å². The Morgan fingerprint density at radius 2 is 0.933 bits per heavy atom. The zero-order valence-electron chi connectivity index (χ0n) is 8.90. The number of piperidine rings is 1. The summed E-state index contributed by atoms with van der Waals surface area (Å²) in [6.45, 7) is 6.00. The lowest BCUT2D eigenvalue weighted by Gasteiger charge is -2.37. The maximum absolute atomic E-state index is 9.67. The molecule has 0 saturated carbocycles. The molecule has 0 aromatic rings. The molecule has 2 fully saturated rings. The van der Waals surface area contributed by atoms with Gasteiger partial charge in [0.1, 0.15) is 0 Å². The molecule has 2 rings (SSSR count). The Morgan fingerprint density at radius 3 is 1.27 bits per heavy atom. The van der Waals surface area contributed by atoms with E-state index in [-0.39, 0.29) is 4.70 Å². The minimum Gasteiger partial charge on any atom is -1.00 e. The van der Waals surface area contributed by atoms with E-state index in [4.69, 9.17) is 0 Å². The third-order valence-electron chi connectivity index (χ3n) is 3.28. The summed E-state index contributed by atoms with van der Waals surface area (Å²) < 4.78 is 30.5. The quantitative estimate of drug-likeness (QED) is 0.302. The molecule has 6 heteroatoms. The zero-order chi connectivity index (χ0) is 10.4. The van der Waals surface area contributed by atoms with Crippen molar-refractivity contribution < 1.29 is 22.1 Å². The summed E-state index contributed by atoms with van der Waals surface area (Å²) in [6, 6.07) is 0. The second kappa shape index (κ2) is 7.09. The van der Waals surface area contributed by atoms with Crippen molar-refractivity contribution in [2.24, 2.45) is 0 Å². The Kier molecular flexibility index (Phi) is 6.97. The third kappa shape index (κ3) is 5.40. The molecule has 2 heterocycles. The monoisotopic (exact) mass is 227 g/mol. The van der Waals surface area contributed by atoms with E-state index in [9.17, 15) is 12.9 Å². The number of nitrogens with zero attached hydrogens (tertiary/aromatic N) is 1. The number of quaternary nitrogens is 1. The fourth-order valence-corrected chi connectivity index (χ4v) is 2.64. The second-order valence-electron chi connectivity index (χ2n) is 4.25. The molecule has 0 amide bonds. The van der Waals surface area contributed by atoms with Crippen LogP contribution in [0.25, 0.3) is 0 Å². The number of hydrogen-bond acceptors (Lipinski definition) is 0. The summed E-state index contributed by atoms with van der Waals surface area (Å²) in [4.78, 5) is 0. The largest absolute Gasteiger partial charge is 1.00 e. The fraction of sp³-hybridized carbons (Fsp3) is 1.00. The van der Waals surface area contributed by atoms with Crippen LogP contribution in [0.15, 0.2) is 0 Å². The van der Waals surface area contributed by atoms with E-state index in [0.717, 1.165) is 0 Å². The van der Waals surface area contributed by atoms with Gasteiger partial charge in [0, 0.05) is 12.8 Å². The molecule has 0 atom stereocenters. The van der Waals surface area contributed by atoms with Gasteiger partial charge in [0.2, 0.25) is 0 Å². The Balaban J connectivity index is 0.000000346. The zero-order valence-corrected chi connectivity index (χ0v) is 8.90. The summed E-state index contributed by atoms with van der Waals surface area (Å²) in [5, 5.41) is 0. The summed E-state index contributed by atoms with van der Waals surface area (Å²) in [7, 11) is -3.67. The molecule has 0 unspecified atom stereocenters. The molecule has 0 aromatic carbocycles. The molecule has 0 aliphatic carbocycles. The first-order valence-electron chi connectivity index (χ1n) is 5.42. The Morgan fingerprint density at radius 1 is 0.667 bits per heavy atom. The average Bonchev–Trinajstić information content (AvgIpc) is 2.54. The molecule has 2 aliphatic heterocycles. The molecular formula is C9H18BF4N. The van der Waals surface area contributed by atoms with Crippen molar-refractivity contribution in [3.05, 3.63) is 0 Å². The molecule has 1 spiro atoms. The normalized spacial score (nSPS) is 22.6. The first-order chi connectivity index (χ1) is 6.65. The Bertz CT molecular complexity index is 151. The minimum atomic E-state index is -3.67. The van der Waals surface area contributed by atoms with Gasteiger partial charge in [0.25, 0.3) is 0 Å². The van der Waals surface area contributed by atoms with E-state index in [1.165, 1.54) is 62.8 Å². The topological polar surface area (TPSA) is 0 Å². The van der Waals surface area contributed by atoms with Crippen molar-refractivity contribution in [2.75, 3.05) is 26.2 Å². The van der Waals surface area contributed by atoms with Gasteiger partial charge in [-0.25, -0.2) is 0 Å². The maximum atomic E-state index is 9.67. The van der Waals surface area contributed by atoms with E-state index < -0.39 is 7.54 Å². The van der Waals surface area contributed by atoms with Crippen LogP contribution in [0, 0.1) is 0 Å². The predicted octanol–water partition coefficient (Wildman–Crippen LogP) is -0.335. The van der Waals surface area contributed by atoms with Gasteiger partial charge in [0.05, 0.1) is 26.2 Å². The highest BCUT2D eigenvalue weighted by Gasteiger charge is 2.32. The van der Waals surface area contributed by atoms with Crippen molar-refractivity contribution in [3.8, 4) is 0 Å². The smallest absolute Gasteiger partial charge is 0.762 e. The van der Waals surface area contributed by atoms with Crippen LogP contribution in [0.5, 0.6) is 0 Å². The molecular weight excluding hydrogens is 209 g/mol. The van der Waals surface area contributed by atoms with Gasteiger partial charge < -0.3 is 9.19 Å². The minimum absolute atomic E-state index is 0. The van der Waals surface area contributed by atoms with E-state index in [1.807, 2.05) is 0 Å². The van der Waals surface area contributed by atoms with Crippen molar-refractivity contribution in [1.82, 2.24) is 0 Å². The van der Waals surface area contributed by atoms with E-state index in [2.05, 4.69) is 0 Å². The van der Waals surface area contributed by atoms with E-state index in [1.54, 1.807) is 0 Å². The molecule has 1 nitrogen and oxygen atoms in total. The SMILES string of the molecule is C1CC[N+]2(CC1)CCCC2.FB(F)F.[F-].